The summed E-state index contributed by atoms with van der Waals surface area (Å²) in [7, 11) is 0. The first kappa shape index (κ1) is 13.5. The Kier molecular flexibility index (Phi) is 3.75. The molecule has 0 spiro atoms. The molecule has 0 amide bonds. The maximum absolute atomic E-state index is 12.7. The van der Waals surface area contributed by atoms with Crippen molar-refractivity contribution in [2.24, 2.45) is 5.92 Å². The Hall–Kier alpha value is -0.910. The lowest BCUT2D eigenvalue weighted by atomic mass is 9.97. The van der Waals surface area contributed by atoms with Gasteiger partial charge in [0, 0.05) is 17.6 Å². The Bertz CT molecular complexity index is 434. The molecule has 1 fully saturated rings. The predicted molar refractivity (Wildman–Crippen MR) is 69.5 cm³/mol. The minimum atomic E-state index is -4.12. The Labute approximate surface area is 112 Å². The number of nitrogens with two attached hydrogens (primary N) is 1. The number of alkyl halides is 3. The van der Waals surface area contributed by atoms with Gasteiger partial charge in [-0.25, -0.2) is 0 Å². The molecule has 100 valence electrons. The average Bonchev–Trinajstić information content (AvgIpc) is 2.28. The van der Waals surface area contributed by atoms with E-state index in [9.17, 15) is 13.2 Å². The summed E-state index contributed by atoms with van der Waals surface area (Å²) in [5.41, 5.74) is 7.05. The van der Waals surface area contributed by atoms with Crippen molar-refractivity contribution in [2.45, 2.75) is 19.0 Å². The number of hydrogen-bond acceptors (Lipinski definition) is 2. The molecule has 0 saturated carbocycles. The molecule has 18 heavy (non-hydrogen) atoms. The lowest BCUT2D eigenvalue weighted by Crippen LogP contribution is -2.42. The van der Waals surface area contributed by atoms with Gasteiger partial charge in [0.25, 0.3) is 0 Å². The highest BCUT2D eigenvalue weighted by Crippen LogP contribution is 2.36. The molecule has 1 unspecified atom stereocenters. The fourth-order valence-electron chi connectivity index (χ4n) is 2.28. The van der Waals surface area contributed by atoms with E-state index in [4.69, 9.17) is 5.73 Å². The third-order valence-corrected chi connectivity index (χ3v) is 3.71. The van der Waals surface area contributed by atoms with Crippen molar-refractivity contribution in [2.75, 3.05) is 23.7 Å². The van der Waals surface area contributed by atoms with E-state index < -0.39 is 12.1 Å². The first-order valence-corrected chi connectivity index (χ1v) is 6.54. The molecule has 0 bridgehead atoms. The van der Waals surface area contributed by atoms with Gasteiger partial charge < -0.3 is 10.6 Å². The second-order valence-corrected chi connectivity index (χ2v) is 5.45. The van der Waals surface area contributed by atoms with Gasteiger partial charge >= 0.3 is 6.18 Å². The molecular formula is C12H14BrF3N2. The molecule has 1 heterocycles. The van der Waals surface area contributed by atoms with Crippen LogP contribution < -0.4 is 10.6 Å². The largest absolute Gasteiger partial charge is 0.397 e. The molecule has 6 heteroatoms. The lowest BCUT2D eigenvalue weighted by Gasteiger charge is -2.35. The molecule has 1 aromatic rings. The summed E-state index contributed by atoms with van der Waals surface area (Å²) in [5.74, 6) is -1.26. The molecule has 0 aliphatic carbocycles. The molecular weight excluding hydrogens is 309 g/mol. The first-order chi connectivity index (χ1) is 8.38. The van der Waals surface area contributed by atoms with Gasteiger partial charge in [0.2, 0.25) is 0 Å². The lowest BCUT2D eigenvalue weighted by molar-refractivity contribution is -0.175. The van der Waals surface area contributed by atoms with E-state index in [1.807, 2.05) is 0 Å². The highest BCUT2D eigenvalue weighted by atomic mass is 79.9. The van der Waals surface area contributed by atoms with Crippen LogP contribution in [0.5, 0.6) is 0 Å². The Morgan fingerprint density at radius 3 is 2.67 bits per heavy atom. The van der Waals surface area contributed by atoms with Gasteiger partial charge in [0.05, 0.1) is 17.3 Å². The minimum absolute atomic E-state index is 0.00463. The van der Waals surface area contributed by atoms with Crippen LogP contribution in [0.1, 0.15) is 12.8 Å². The standard InChI is InChI=1S/C12H14BrF3N2/c13-9-3-4-11(10(17)6-9)18-5-1-2-8(7-18)12(14,15)16/h3-4,6,8H,1-2,5,7,17H2. The Morgan fingerprint density at radius 2 is 2.06 bits per heavy atom. The van der Waals surface area contributed by atoms with Crippen LogP contribution in [0.2, 0.25) is 0 Å². The van der Waals surface area contributed by atoms with Crippen LogP contribution in [-0.2, 0) is 0 Å². The number of nitrogens with zero attached hydrogens (tertiary/aromatic N) is 1. The van der Waals surface area contributed by atoms with E-state index in [0.717, 1.165) is 4.47 Å². The zero-order valence-electron chi connectivity index (χ0n) is 9.67. The van der Waals surface area contributed by atoms with E-state index in [1.165, 1.54) is 0 Å². The number of rotatable bonds is 1. The number of anilines is 2. The third-order valence-electron chi connectivity index (χ3n) is 3.21. The van der Waals surface area contributed by atoms with Crippen LogP contribution in [0.15, 0.2) is 22.7 Å². The van der Waals surface area contributed by atoms with Crippen molar-refractivity contribution in [1.29, 1.82) is 0 Å². The van der Waals surface area contributed by atoms with Crippen LogP contribution in [-0.4, -0.2) is 19.3 Å². The zero-order chi connectivity index (χ0) is 13.3. The molecule has 1 aliphatic rings. The summed E-state index contributed by atoms with van der Waals surface area (Å²) < 4.78 is 39.0. The van der Waals surface area contributed by atoms with Gasteiger partial charge in [-0.3, -0.25) is 0 Å². The van der Waals surface area contributed by atoms with Crippen molar-refractivity contribution in [3.05, 3.63) is 22.7 Å². The molecule has 1 aliphatic heterocycles. The number of halogens is 4. The second kappa shape index (κ2) is 4.99. The summed E-state index contributed by atoms with van der Waals surface area (Å²) in [6.07, 6.45) is -3.38. The molecule has 0 radical (unpaired) electrons. The first-order valence-electron chi connectivity index (χ1n) is 5.74. The van der Waals surface area contributed by atoms with Crippen molar-refractivity contribution in [1.82, 2.24) is 0 Å². The molecule has 1 atom stereocenters. The summed E-state index contributed by atoms with van der Waals surface area (Å²) in [6.45, 7) is 0.619. The average molecular weight is 323 g/mol. The van der Waals surface area contributed by atoms with Crippen molar-refractivity contribution < 1.29 is 13.2 Å². The van der Waals surface area contributed by atoms with Gasteiger partial charge in [-0.2, -0.15) is 13.2 Å². The highest BCUT2D eigenvalue weighted by Gasteiger charge is 2.42. The predicted octanol–water partition coefficient (Wildman–Crippen LogP) is 3.81. The topological polar surface area (TPSA) is 29.3 Å². The zero-order valence-corrected chi connectivity index (χ0v) is 11.3. The summed E-state index contributed by atoms with van der Waals surface area (Å²) in [4.78, 5) is 1.73. The van der Waals surface area contributed by atoms with E-state index in [1.54, 1.807) is 23.1 Å². The summed E-state index contributed by atoms with van der Waals surface area (Å²) in [5, 5.41) is 0. The molecule has 0 aromatic heterocycles. The minimum Gasteiger partial charge on any atom is -0.397 e. The van der Waals surface area contributed by atoms with Gasteiger partial charge in [0.15, 0.2) is 0 Å². The SMILES string of the molecule is Nc1cc(Br)ccc1N1CCCC(C(F)(F)F)C1. The van der Waals surface area contributed by atoms with Crippen LogP contribution in [0.25, 0.3) is 0 Å². The number of hydrogen-bond donors (Lipinski definition) is 1. The number of piperidine rings is 1. The fraction of sp³-hybridized carbons (Fsp3) is 0.500. The number of benzene rings is 1. The highest BCUT2D eigenvalue weighted by molar-refractivity contribution is 9.10. The van der Waals surface area contributed by atoms with Gasteiger partial charge in [-0.15, -0.1) is 0 Å². The smallest absolute Gasteiger partial charge is 0.393 e. The fourth-order valence-corrected chi connectivity index (χ4v) is 2.66. The third kappa shape index (κ3) is 2.91. The monoisotopic (exact) mass is 322 g/mol. The van der Waals surface area contributed by atoms with Crippen molar-refractivity contribution >= 4 is 27.3 Å². The van der Waals surface area contributed by atoms with E-state index >= 15 is 0 Å². The van der Waals surface area contributed by atoms with E-state index in [-0.39, 0.29) is 13.0 Å². The van der Waals surface area contributed by atoms with Gasteiger partial charge in [-0.05, 0) is 31.0 Å². The quantitative estimate of drug-likeness (QED) is 0.797. The van der Waals surface area contributed by atoms with Crippen LogP contribution in [0, 0.1) is 5.92 Å². The maximum Gasteiger partial charge on any atom is 0.393 e. The molecule has 1 aromatic carbocycles. The van der Waals surface area contributed by atoms with Crippen LogP contribution >= 0.6 is 15.9 Å². The van der Waals surface area contributed by atoms with Gasteiger partial charge in [-0.1, -0.05) is 15.9 Å². The normalized spacial score (nSPS) is 21.1. The van der Waals surface area contributed by atoms with Crippen molar-refractivity contribution in [3.8, 4) is 0 Å². The summed E-state index contributed by atoms with van der Waals surface area (Å²) in [6, 6.07) is 5.27. The molecule has 2 nitrogen and oxygen atoms in total. The molecule has 1 saturated heterocycles. The number of nitrogen functional groups attached to an aromatic ring is 1. The maximum atomic E-state index is 12.7. The van der Waals surface area contributed by atoms with Crippen LogP contribution in [0.3, 0.4) is 0 Å². The molecule has 2 N–H and O–H groups in total. The Balaban J connectivity index is 2.18. The summed E-state index contributed by atoms with van der Waals surface area (Å²) >= 11 is 3.29. The second-order valence-electron chi connectivity index (χ2n) is 4.53. The van der Waals surface area contributed by atoms with Crippen LogP contribution in [0.4, 0.5) is 24.5 Å². The molecule has 2 rings (SSSR count). The van der Waals surface area contributed by atoms with E-state index in [2.05, 4.69) is 15.9 Å². The van der Waals surface area contributed by atoms with E-state index in [0.29, 0.717) is 24.3 Å². The Morgan fingerprint density at radius 1 is 1.33 bits per heavy atom. The van der Waals surface area contributed by atoms with Gasteiger partial charge in [0.1, 0.15) is 0 Å². The van der Waals surface area contributed by atoms with Crippen molar-refractivity contribution in [3.63, 3.8) is 0 Å².